The zero-order chi connectivity index (χ0) is 15.1. The molecule has 0 radical (unpaired) electrons. The van der Waals surface area contributed by atoms with Crippen LogP contribution in [0.2, 0.25) is 0 Å². The summed E-state index contributed by atoms with van der Waals surface area (Å²) in [5.74, 6) is -0.476. The molecule has 1 aromatic rings. The second-order valence-corrected chi connectivity index (χ2v) is 5.12. The lowest BCUT2D eigenvalue weighted by molar-refractivity contribution is -0.123. The van der Waals surface area contributed by atoms with Gasteiger partial charge in [-0.25, -0.2) is 4.39 Å². The number of benzene rings is 1. The van der Waals surface area contributed by atoms with Gasteiger partial charge < -0.3 is 10.2 Å². The Morgan fingerprint density at radius 2 is 2.05 bits per heavy atom. The smallest absolute Gasteiger partial charge is 0.240 e. The van der Waals surface area contributed by atoms with E-state index in [-0.39, 0.29) is 18.4 Å². The molecule has 0 heterocycles. The Bertz CT molecular complexity index is 475. The fraction of sp³-hybridized carbons (Fsp3) is 0.467. The van der Waals surface area contributed by atoms with Crippen LogP contribution >= 0.6 is 0 Å². The first kappa shape index (κ1) is 16.1. The molecule has 4 nitrogen and oxygen atoms in total. The molecule has 0 fully saturated rings. The fourth-order valence-corrected chi connectivity index (χ4v) is 1.73. The van der Waals surface area contributed by atoms with Gasteiger partial charge in [0.1, 0.15) is 12.4 Å². The van der Waals surface area contributed by atoms with Crippen molar-refractivity contribution in [1.29, 1.82) is 0 Å². The molecule has 0 atom stereocenters. The van der Waals surface area contributed by atoms with Crippen LogP contribution in [-0.2, 0) is 9.59 Å². The van der Waals surface area contributed by atoms with Crippen LogP contribution in [0.4, 0.5) is 10.1 Å². The summed E-state index contributed by atoms with van der Waals surface area (Å²) in [5, 5.41) is 2.76. The van der Waals surface area contributed by atoms with E-state index in [4.69, 9.17) is 0 Å². The molecule has 0 aliphatic carbocycles. The van der Waals surface area contributed by atoms with Crippen molar-refractivity contribution >= 4 is 17.5 Å². The van der Waals surface area contributed by atoms with E-state index in [1.165, 1.54) is 30.0 Å². The standard InChI is InChI=1S/C15H21FN2O2/c1-11(2)7-8-17-15(20)10-18(12(3)19)14-6-4-5-13(16)9-14/h4-6,9,11H,7-8,10H2,1-3H3,(H,17,20). The number of anilines is 1. The molecule has 0 unspecified atom stereocenters. The van der Waals surface area contributed by atoms with Crippen LogP contribution in [-0.4, -0.2) is 24.9 Å². The lowest BCUT2D eigenvalue weighted by Gasteiger charge is -2.20. The lowest BCUT2D eigenvalue weighted by Crippen LogP contribution is -2.40. The van der Waals surface area contributed by atoms with E-state index in [1.807, 2.05) is 0 Å². The minimum absolute atomic E-state index is 0.100. The number of rotatable bonds is 6. The van der Waals surface area contributed by atoms with E-state index < -0.39 is 5.82 Å². The van der Waals surface area contributed by atoms with Crippen molar-refractivity contribution in [2.24, 2.45) is 5.92 Å². The fourth-order valence-electron chi connectivity index (χ4n) is 1.73. The van der Waals surface area contributed by atoms with Gasteiger partial charge in [0.2, 0.25) is 11.8 Å². The van der Waals surface area contributed by atoms with E-state index >= 15 is 0 Å². The zero-order valence-electron chi connectivity index (χ0n) is 12.1. The largest absolute Gasteiger partial charge is 0.355 e. The Hall–Kier alpha value is -1.91. The second kappa shape index (κ2) is 7.62. The number of nitrogens with zero attached hydrogens (tertiary/aromatic N) is 1. The second-order valence-electron chi connectivity index (χ2n) is 5.12. The number of halogens is 1. The highest BCUT2D eigenvalue weighted by Crippen LogP contribution is 2.15. The summed E-state index contributed by atoms with van der Waals surface area (Å²) in [6.45, 7) is 5.97. The molecule has 0 aromatic heterocycles. The van der Waals surface area contributed by atoms with Crippen LogP contribution in [0.5, 0.6) is 0 Å². The zero-order valence-corrected chi connectivity index (χ0v) is 12.1. The van der Waals surface area contributed by atoms with Crippen molar-refractivity contribution in [3.8, 4) is 0 Å². The van der Waals surface area contributed by atoms with Gasteiger partial charge in [-0.2, -0.15) is 0 Å². The Balaban J connectivity index is 2.64. The van der Waals surface area contributed by atoms with Crippen LogP contribution in [0.25, 0.3) is 0 Å². The first-order valence-corrected chi connectivity index (χ1v) is 6.70. The Kier molecular flexibility index (Phi) is 6.15. The van der Waals surface area contributed by atoms with Gasteiger partial charge in [-0.15, -0.1) is 0 Å². The van der Waals surface area contributed by atoms with E-state index in [1.54, 1.807) is 6.07 Å². The van der Waals surface area contributed by atoms with Gasteiger partial charge >= 0.3 is 0 Å². The first-order valence-electron chi connectivity index (χ1n) is 6.70. The van der Waals surface area contributed by atoms with Crippen molar-refractivity contribution in [2.75, 3.05) is 18.0 Å². The predicted octanol–water partition coefficient (Wildman–Crippen LogP) is 2.34. The Morgan fingerprint density at radius 1 is 1.35 bits per heavy atom. The van der Waals surface area contributed by atoms with E-state index in [0.717, 1.165) is 6.42 Å². The molecule has 0 spiro atoms. The van der Waals surface area contributed by atoms with Crippen LogP contribution in [0.15, 0.2) is 24.3 Å². The lowest BCUT2D eigenvalue weighted by atomic mass is 10.1. The molecule has 0 saturated carbocycles. The minimum Gasteiger partial charge on any atom is -0.355 e. The van der Waals surface area contributed by atoms with E-state index in [0.29, 0.717) is 18.2 Å². The van der Waals surface area contributed by atoms with Crippen molar-refractivity contribution in [3.63, 3.8) is 0 Å². The number of nitrogens with one attached hydrogen (secondary N) is 1. The summed E-state index contributed by atoms with van der Waals surface area (Å²) in [6, 6.07) is 5.65. The highest BCUT2D eigenvalue weighted by atomic mass is 19.1. The number of carbonyl (C=O) groups excluding carboxylic acids is 2. The van der Waals surface area contributed by atoms with Crippen LogP contribution in [0.3, 0.4) is 0 Å². The highest BCUT2D eigenvalue weighted by Gasteiger charge is 2.16. The summed E-state index contributed by atoms with van der Waals surface area (Å²) in [5.41, 5.74) is 0.386. The molecule has 20 heavy (non-hydrogen) atoms. The summed E-state index contributed by atoms with van der Waals surface area (Å²) < 4.78 is 13.2. The quantitative estimate of drug-likeness (QED) is 0.869. The molecule has 0 bridgehead atoms. The third-order valence-electron chi connectivity index (χ3n) is 2.85. The predicted molar refractivity (Wildman–Crippen MR) is 76.9 cm³/mol. The molecule has 1 aromatic carbocycles. The van der Waals surface area contributed by atoms with Crippen molar-refractivity contribution in [2.45, 2.75) is 27.2 Å². The van der Waals surface area contributed by atoms with Gasteiger partial charge in [0, 0.05) is 19.2 Å². The molecule has 1 N–H and O–H groups in total. The summed E-state index contributed by atoms with van der Waals surface area (Å²) in [6.07, 6.45) is 0.881. The molecular formula is C15H21FN2O2. The van der Waals surface area contributed by atoms with E-state index in [9.17, 15) is 14.0 Å². The third kappa shape index (κ3) is 5.38. The average molecular weight is 280 g/mol. The molecular weight excluding hydrogens is 259 g/mol. The van der Waals surface area contributed by atoms with Crippen molar-refractivity contribution < 1.29 is 14.0 Å². The normalized spacial score (nSPS) is 10.4. The van der Waals surface area contributed by atoms with Crippen LogP contribution in [0, 0.1) is 11.7 Å². The summed E-state index contributed by atoms with van der Waals surface area (Å²) >= 11 is 0. The van der Waals surface area contributed by atoms with Gasteiger partial charge in [-0.3, -0.25) is 9.59 Å². The summed E-state index contributed by atoms with van der Waals surface area (Å²) in [7, 11) is 0. The molecule has 110 valence electrons. The van der Waals surface area contributed by atoms with Gasteiger partial charge in [-0.1, -0.05) is 19.9 Å². The molecule has 0 aliphatic rings. The minimum atomic E-state index is -0.436. The molecule has 0 aliphatic heterocycles. The van der Waals surface area contributed by atoms with Crippen molar-refractivity contribution in [1.82, 2.24) is 5.32 Å². The number of hydrogen-bond acceptors (Lipinski definition) is 2. The number of hydrogen-bond donors (Lipinski definition) is 1. The molecule has 0 saturated heterocycles. The van der Waals surface area contributed by atoms with Gasteiger partial charge in [-0.05, 0) is 30.5 Å². The first-order chi connectivity index (χ1) is 9.40. The summed E-state index contributed by atoms with van der Waals surface area (Å²) in [4.78, 5) is 24.7. The maximum absolute atomic E-state index is 13.2. The van der Waals surface area contributed by atoms with Gasteiger partial charge in [0.15, 0.2) is 0 Å². The maximum Gasteiger partial charge on any atom is 0.240 e. The van der Waals surface area contributed by atoms with Crippen LogP contribution in [0.1, 0.15) is 27.2 Å². The van der Waals surface area contributed by atoms with Gasteiger partial charge in [0.05, 0.1) is 0 Å². The number of carbonyl (C=O) groups is 2. The maximum atomic E-state index is 13.2. The topological polar surface area (TPSA) is 49.4 Å². The number of amides is 2. The molecule has 5 heteroatoms. The van der Waals surface area contributed by atoms with Crippen LogP contribution < -0.4 is 10.2 Å². The Labute approximate surface area is 119 Å². The Morgan fingerprint density at radius 3 is 2.60 bits per heavy atom. The van der Waals surface area contributed by atoms with Crippen molar-refractivity contribution in [3.05, 3.63) is 30.1 Å². The molecule has 2 amide bonds. The SMILES string of the molecule is CC(=O)N(CC(=O)NCCC(C)C)c1cccc(F)c1. The highest BCUT2D eigenvalue weighted by molar-refractivity contribution is 5.97. The van der Waals surface area contributed by atoms with Gasteiger partial charge in [0.25, 0.3) is 0 Å². The molecule has 1 rings (SSSR count). The van der Waals surface area contributed by atoms with E-state index in [2.05, 4.69) is 19.2 Å². The monoisotopic (exact) mass is 280 g/mol. The average Bonchev–Trinajstić information content (AvgIpc) is 2.35. The third-order valence-corrected chi connectivity index (χ3v) is 2.85.